The lowest BCUT2D eigenvalue weighted by molar-refractivity contribution is 0.267. The molecule has 0 aliphatic heterocycles. The summed E-state index contributed by atoms with van der Waals surface area (Å²) in [4.78, 5) is -0.637. The van der Waals surface area contributed by atoms with Crippen LogP contribution in [0.5, 0.6) is 0 Å². The van der Waals surface area contributed by atoms with Crippen molar-refractivity contribution >= 4 is 10.0 Å². The van der Waals surface area contributed by atoms with Crippen LogP contribution >= 0.6 is 0 Å². The third-order valence-corrected chi connectivity index (χ3v) is 4.81. The van der Waals surface area contributed by atoms with E-state index in [9.17, 15) is 17.2 Å². The topological polar surface area (TPSA) is 66.4 Å². The van der Waals surface area contributed by atoms with Crippen molar-refractivity contribution in [3.05, 3.63) is 29.3 Å². The number of hydrogen-bond donors (Lipinski definition) is 2. The van der Waals surface area contributed by atoms with Gasteiger partial charge in [0.1, 0.15) is 10.7 Å². The van der Waals surface area contributed by atoms with E-state index >= 15 is 0 Å². The van der Waals surface area contributed by atoms with Crippen LogP contribution in [0, 0.1) is 17.0 Å². The van der Waals surface area contributed by atoms with Gasteiger partial charge in [0.05, 0.1) is 12.2 Å². The van der Waals surface area contributed by atoms with Gasteiger partial charge in [0, 0.05) is 6.54 Å². The van der Waals surface area contributed by atoms with E-state index in [0.717, 1.165) is 25.0 Å². The maximum atomic E-state index is 13.8. The normalized spacial score (nSPS) is 17.5. The van der Waals surface area contributed by atoms with Crippen molar-refractivity contribution in [3.63, 3.8) is 0 Å². The summed E-state index contributed by atoms with van der Waals surface area (Å²) in [5.41, 5.74) is -0.705. The summed E-state index contributed by atoms with van der Waals surface area (Å²) in [6, 6.07) is 1.70. The maximum Gasteiger partial charge on any atom is 0.243 e. The van der Waals surface area contributed by atoms with E-state index in [1.54, 1.807) is 0 Å². The number of aliphatic hydroxyl groups excluding tert-OH is 1. The Morgan fingerprint density at radius 1 is 1.37 bits per heavy atom. The molecule has 106 valence electrons. The molecule has 1 saturated carbocycles. The first-order valence-corrected chi connectivity index (χ1v) is 7.35. The van der Waals surface area contributed by atoms with Crippen LogP contribution in [0.4, 0.5) is 8.78 Å². The van der Waals surface area contributed by atoms with Crippen molar-refractivity contribution in [2.75, 3.05) is 6.54 Å². The SMILES string of the molecule is CC1(CNS(=O)(=O)c2ccc(F)c(CO)c2F)CC1. The minimum atomic E-state index is -4.04. The molecule has 1 aliphatic rings. The van der Waals surface area contributed by atoms with Crippen molar-refractivity contribution < 1.29 is 22.3 Å². The molecule has 2 N–H and O–H groups in total. The molecule has 1 aromatic rings. The van der Waals surface area contributed by atoms with Gasteiger partial charge in [-0.3, -0.25) is 0 Å². The minimum Gasteiger partial charge on any atom is -0.391 e. The highest BCUT2D eigenvalue weighted by molar-refractivity contribution is 7.89. The molecule has 7 heteroatoms. The lowest BCUT2D eigenvalue weighted by Crippen LogP contribution is -2.30. The van der Waals surface area contributed by atoms with Crippen LogP contribution in [0.1, 0.15) is 25.3 Å². The van der Waals surface area contributed by atoms with E-state index in [0.29, 0.717) is 0 Å². The molecule has 0 amide bonds. The maximum absolute atomic E-state index is 13.8. The summed E-state index contributed by atoms with van der Waals surface area (Å²) in [7, 11) is -4.04. The third kappa shape index (κ3) is 2.93. The van der Waals surface area contributed by atoms with Crippen LogP contribution in [-0.2, 0) is 16.6 Å². The summed E-state index contributed by atoms with van der Waals surface area (Å²) < 4.78 is 53.3. The lowest BCUT2D eigenvalue weighted by Gasteiger charge is -2.12. The number of halogens is 2. The highest BCUT2D eigenvalue weighted by atomic mass is 32.2. The molecule has 0 radical (unpaired) electrons. The molecular formula is C12H15F2NO3S. The van der Waals surface area contributed by atoms with Crippen molar-refractivity contribution in [1.82, 2.24) is 4.72 Å². The van der Waals surface area contributed by atoms with Gasteiger partial charge in [-0.15, -0.1) is 0 Å². The molecule has 0 spiro atoms. The van der Waals surface area contributed by atoms with Gasteiger partial charge in [0.2, 0.25) is 10.0 Å². The smallest absolute Gasteiger partial charge is 0.243 e. The second-order valence-electron chi connectivity index (χ2n) is 5.13. The lowest BCUT2D eigenvalue weighted by atomic mass is 10.2. The Hall–Kier alpha value is -1.05. The van der Waals surface area contributed by atoms with Gasteiger partial charge < -0.3 is 5.11 Å². The van der Waals surface area contributed by atoms with Gasteiger partial charge in [-0.2, -0.15) is 0 Å². The number of benzene rings is 1. The first kappa shape index (κ1) is 14.4. The van der Waals surface area contributed by atoms with Crippen LogP contribution in [0.2, 0.25) is 0 Å². The second-order valence-corrected chi connectivity index (χ2v) is 6.87. The second kappa shape index (κ2) is 4.81. The summed E-state index contributed by atoms with van der Waals surface area (Å²) in [5.74, 6) is -2.20. The predicted octanol–water partition coefficient (Wildman–Crippen LogP) is 1.54. The van der Waals surface area contributed by atoms with E-state index in [2.05, 4.69) is 4.72 Å². The van der Waals surface area contributed by atoms with E-state index in [1.807, 2.05) is 6.92 Å². The van der Waals surface area contributed by atoms with Crippen LogP contribution in [0.3, 0.4) is 0 Å². The molecule has 1 aromatic carbocycles. The standard InChI is InChI=1S/C12H15F2NO3S/c1-12(4-5-12)7-15-19(17,18)10-3-2-9(13)8(6-16)11(10)14/h2-3,15-16H,4-7H2,1H3. The molecule has 0 bridgehead atoms. The average Bonchev–Trinajstić information content (AvgIpc) is 3.06. The Morgan fingerprint density at radius 2 is 2.00 bits per heavy atom. The third-order valence-electron chi connectivity index (χ3n) is 3.39. The summed E-state index contributed by atoms with van der Waals surface area (Å²) in [5, 5.41) is 8.86. The fourth-order valence-corrected chi connectivity index (χ4v) is 2.97. The Bertz CT molecular complexity index is 597. The summed E-state index contributed by atoms with van der Waals surface area (Å²) in [6.07, 6.45) is 1.84. The quantitative estimate of drug-likeness (QED) is 0.864. The first-order valence-electron chi connectivity index (χ1n) is 5.86. The monoisotopic (exact) mass is 291 g/mol. The minimum absolute atomic E-state index is 0.0661. The van der Waals surface area contributed by atoms with Crippen LogP contribution < -0.4 is 4.72 Å². The molecule has 0 heterocycles. The number of hydrogen-bond acceptors (Lipinski definition) is 3. The predicted molar refractivity (Wildman–Crippen MR) is 64.8 cm³/mol. The molecule has 0 atom stereocenters. The molecule has 0 aromatic heterocycles. The highest BCUT2D eigenvalue weighted by Crippen LogP contribution is 2.44. The van der Waals surface area contributed by atoms with Crippen molar-refractivity contribution in [2.45, 2.75) is 31.3 Å². The van der Waals surface area contributed by atoms with Gasteiger partial charge in [-0.1, -0.05) is 6.92 Å². The Kier molecular flexibility index (Phi) is 3.63. The van der Waals surface area contributed by atoms with Crippen LogP contribution in [0.15, 0.2) is 17.0 Å². The average molecular weight is 291 g/mol. The Labute approximate surface area is 110 Å². The van der Waals surface area contributed by atoms with E-state index < -0.39 is 38.7 Å². The molecule has 19 heavy (non-hydrogen) atoms. The zero-order valence-electron chi connectivity index (χ0n) is 10.4. The van der Waals surface area contributed by atoms with Gasteiger partial charge >= 0.3 is 0 Å². The van der Waals surface area contributed by atoms with Crippen molar-refractivity contribution in [3.8, 4) is 0 Å². The summed E-state index contributed by atoms with van der Waals surface area (Å²) >= 11 is 0. The van der Waals surface area contributed by atoms with Crippen molar-refractivity contribution in [1.29, 1.82) is 0 Å². The highest BCUT2D eigenvalue weighted by Gasteiger charge is 2.38. The Balaban J connectivity index is 2.29. The number of aliphatic hydroxyl groups is 1. The van der Waals surface area contributed by atoms with Gasteiger partial charge in [0.25, 0.3) is 0 Å². The van der Waals surface area contributed by atoms with E-state index in [1.165, 1.54) is 0 Å². The fraction of sp³-hybridized carbons (Fsp3) is 0.500. The molecule has 1 fully saturated rings. The van der Waals surface area contributed by atoms with Gasteiger partial charge in [-0.25, -0.2) is 21.9 Å². The first-order chi connectivity index (χ1) is 8.79. The van der Waals surface area contributed by atoms with Gasteiger partial charge in [-0.05, 0) is 30.4 Å². The Morgan fingerprint density at radius 3 is 2.53 bits per heavy atom. The molecular weight excluding hydrogens is 276 g/mol. The van der Waals surface area contributed by atoms with E-state index in [4.69, 9.17) is 5.11 Å². The fourth-order valence-electron chi connectivity index (χ4n) is 1.67. The van der Waals surface area contributed by atoms with Crippen LogP contribution in [0.25, 0.3) is 0 Å². The molecule has 4 nitrogen and oxygen atoms in total. The van der Waals surface area contributed by atoms with E-state index in [-0.39, 0.29) is 12.0 Å². The molecule has 0 saturated heterocycles. The molecule has 2 rings (SSSR count). The molecule has 1 aliphatic carbocycles. The zero-order chi connectivity index (χ0) is 14.3. The van der Waals surface area contributed by atoms with Crippen molar-refractivity contribution in [2.24, 2.45) is 5.41 Å². The number of nitrogens with one attached hydrogen (secondary N) is 1. The zero-order valence-corrected chi connectivity index (χ0v) is 11.2. The molecule has 0 unspecified atom stereocenters. The largest absolute Gasteiger partial charge is 0.391 e. The van der Waals surface area contributed by atoms with Crippen LogP contribution in [-0.4, -0.2) is 20.1 Å². The number of rotatable bonds is 5. The number of sulfonamides is 1. The van der Waals surface area contributed by atoms with Gasteiger partial charge in [0.15, 0.2) is 5.82 Å². The summed E-state index contributed by atoms with van der Waals surface area (Å²) in [6.45, 7) is 1.26.